The normalized spacial score (nSPS) is 10.8. The van der Waals surface area contributed by atoms with Crippen molar-refractivity contribution in [3.8, 4) is 6.01 Å². The molecule has 1 heterocycles. The maximum Gasteiger partial charge on any atom is 0.323 e. The van der Waals surface area contributed by atoms with Crippen molar-refractivity contribution < 1.29 is 4.74 Å². The number of ether oxygens (including phenoxy) is 1. The largest absolute Gasteiger partial charge is 0.461 e. The van der Waals surface area contributed by atoms with Crippen molar-refractivity contribution in [2.45, 2.75) is 46.8 Å². The van der Waals surface area contributed by atoms with Gasteiger partial charge in [-0.1, -0.05) is 0 Å². The van der Waals surface area contributed by atoms with Crippen LogP contribution < -0.4 is 15.4 Å². The Morgan fingerprint density at radius 3 is 2.24 bits per heavy atom. The van der Waals surface area contributed by atoms with E-state index in [-0.39, 0.29) is 12.1 Å². The van der Waals surface area contributed by atoms with Gasteiger partial charge in [-0.3, -0.25) is 0 Å². The predicted octanol–water partition coefficient (Wildman–Crippen LogP) is 1.91. The fourth-order valence-electron chi connectivity index (χ4n) is 1.18. The molecule has 0 saturated carbocycles. The molecule has 17 heavy (non-hydrogen) atoms. The highest BCUT2D eigenvalue weighted by atomic mass is 16.5. The molecule has 0 unspecified atom stereocenters. The molecule has 0 bridgehead atoms. The minimum Gasteiger partial charge on any atom is -0.461 e. The Labute approximate surface area is 102 Å². The molecule has 0 atom stereocenters. The summed E-state index contributed by atoms with van der Waals surface area (Å²) < 4.78 is 5.48. The fraction of sp³-hybridized carbons (Fsp3) is 0.727. The molecule has 6 nitrogen and oxygen atoms in total. The molecule has 96 valence electrons. The number of nitrogens with one attached hydrogen (secondary N) is 2. The molecule has 0 aromatic carbocycles. The van der Waals surface area contributed by atoms with Crippen LogP contribution in [0.1, 0.15) is 34.6 Å². The van der Waals surface area contributed by atoms with Crippen LogP contribution in [-0.4, -0.2) is 33.6 Å². The zero-order chi connectivity index (χ0) is 12.8. The van der Waals surface area contributed by atoms with E-state index < -0.39 is 0 Å². The fourth-order valence-corrected chi connectivity index (χ4v) is 1.18. The molecule has 0 aliphatic heterocycles. The van der Waals surface area contributed by atoms with Gasteiger partial charge in [0.25, 0.3) is 0 Å². The van der Waals surface area contributed by atoms with E-state index in [0.29, 0.717) is 17.9 Å². The average Bonchev–Trinajstić information content (AvgIpc) is 2.14. The van der Waals surface area contributed by atoms with Crippen LogP contribution in [0.15, 0.2) is 0 Å². The predicted molar refractivity (Wildman–Crippen MR) is 68.5 cm³/mol. The zero-order valence-corrected chi connectivity index (χ0v) is 11.1. The number of anilines is 2. The van der Waals surface area contributed by atoms with Crippen LogP contribution >= 0.6 is 0 Å². The van der Waals surface area contributed by atoms with Gasteiger partial charge in [-0.05, 0) is 34.6 Å². The number of aromatic nitrogens is 3. The first-order valence-corrected chi connectivity index (χ1v) is 5.94. The second-order valence-corrected chi connectivity index (χ2v) is 4.26. The minimum absolute atomic E-state index is 0.0405. The first kappa shape index (κ1) is 13.5. The SMILES string of the molecule is CCNc1nc(NC(C)C)nc(OC(C)C)n1. The Kier molecular flexibility index (Phi) is 4.93. The lowest BCUT2D eigenvalue weighted by Crippen LogP contribution is -2.17. The Bertz CT molecular complexity index is 325. The zero-order valence-electron chi connectivity index (χ0n) is 11.1. The summed E-state index contributed by atoms with van der Waals surface area (Å²) in [6.45, 7) is 10.7. The van der Waals surface area contributed by atoms with Gasteiger partial charge in [-0.25, -0.2) is 0 Å². The molecular weight excluding hydrogens is 218 g/mol. The Morgan fingerprint density at radius 1 is 1.06 bits per heavy atom. The summed E-state index contributed by atoms with van der Waals surface area (Å²) >= 11 is 0. The van der Waals surface area contributed by atoms with Gasteiger partial charge in [0.1, 0.15) is 0 Å². The summed E-state index contributed by atoms with van der Waals surface area (Å²) in [5.74, 6) is 1.06. The van der Waals surface area contributed by atoms with Gasteiger partial charge >= 0.3 is 6.01 Å². The molecule has 0 amide bonds. The standard InChI is InChI=1S/C11H21N5O/c1-6-12-9-14-10(13-7(2)3)16-11(15-9)17-8(4)5/h7-8H,6H2,1-5H3,(H2,12,13,14,15,16). The van der Waals surface area contributed by atoms with E-state index in [9.17, 15) is 0 Å². The van der Waals surface area contributed by atoms with E-state index in [2.05, 4.69) is 25.6 Å². The number of hydrogen-bond acceptors (Lipinski definition) is 6. The van der Waals surface area contributed by atoms with Crippen LogP contribution in [-0.2, 0) is 0 Å². The Hall–Kier alpha value is -1.59. The van der Waals surface area contributed by atoms with Crippen molar-refractivity contribution >= 4 is 11.9 Å². The number of nitrogens with zero attached hydrogens (tertiary/aromatic N) is 3. The smallest absolute Gasteiger partial charge is 0.323 e. The summed E-state index contributed by atoms with van der Waals surface area (Å²) in [7, 11) is 0. The molecule has 1 aromatic heterocycles. The highest BCUT2D eigenvalue weighted by Gasteiger charge is 2.09. The highest BCUT2D eigenvalue weighted by molar-refractivity contribution is 5.36. The maximum atomic E-state index is 5.48. The van der Waals surface area contributed by atoms with E-state index in [4.69, 9.17) is 4.74 Å². The van der Waals surface area contributed by atoms with Crippen LogP contribution in [0.4, 0.5) is 11.9 Å². The van der Waals surface area contributed by atoms with Crippen molar-refractivity contribution in [1.29, 1.82) is 0 Å². The maximum absolute atomic E-state index is 5.48. The van der Waals surface area contributed by atoms with Gasteiger partial charge in [0.15, 0.2) is 0 Å². The van der Waals surface area contributed by atoms with Crippen LogP contribution in [0.3, 0.4) is 0 Å². The molecule has 0 aliphatic rings. The molecule has 0 radical (unpaired) electrons. The second-order valence-electron chi connectivity index (χ2n) is 4.26. The minimum atomic E-state index is 0.0405. The summed E-state index contributed by atoms with van der Waals surface area (Å²) in [5, 5.41) is 6.19. The van der Waals surface area contributed by atoms with Crippen LogP contribution in [0.5, 0.6) is 6.01 Å². The van der Waals surface area contributed by atoms with Gasteiger partial charge < -0.3 is 15.4 Å². The lowest BCUT2D eigenvalue weighted by molar-refractivity contribution is 0.222. The van der Waals surface area contributed by atoms with Crippen molar-refractivity contribution in [3.05, 3.63) is 0 Å². The van der Waals surface area contributed by atoms with Gasteiger partial charge in [0.2, 0.25) is 11.9 Å². The molecule has 0 aliphatic carbocycles. The molecule has 1 aromatic rings. The lowest BCUT2D eigenvalue weighted by Gasteiger charge is -2.13. The molecule has 0 spiro atoms. The highest BCUT2D eigenvalue weighted by Crippen LogP contribution is 2.13. The quantitative estimate of drug-likeness (QED) is 0.790. The van der Waals surface area contributed by atoms with E-state index in [0.717, 1.165) is 6.54 Å². The molecule has 1 rings (SSSR count). The van der Waals surface area contributed by atoms with E-state index in [1.54, 1.807) is 0 Å². The molecule has 0 fully saturated rings. The van der Waals surface area contributed by atoms with Gasteiger partial charge in [-0.2, -0.15) is 15.0 Å². The Morgan fingerprint density at radius 2 is 1.71 bits per heavy atom. The van der Waals surface area contributed by atoms with Crippen molar-refractivity contribution in [2.75, 3.05) is 17.2 Å². The third kappa shape index (κ3) is 4.84. The Balaban J connectivity index is 2.91. The van der Waals surface area contributed by atoms with E-state index in [1.807, 2.05) is 34.6 Å². The molecule has 2 N–H and O–H groups in total. The monoisotopic (exact) mass is 239 g/mol. The van der Waals surface area contributed by atoms with Gasteiger partial charge in [0.05, 0.1) is 6.10 Å². The molecule has 0 saturated heterocycles. The van der Waals surface area contributed by atoms with E-state index in [1.165, 1.54) is 0 Å². The first-order chi connectivity index (χ1) is 8.01. The van der Waals surface area contributed by atoms with Crippen molar-refractivity contribution in [3.63, 3.8) is 0 Å². The summed E-state index contributed by atoms with van der Waals surface area (Å²) in [6.07, 6.45) is 0.0405. The third-order valence-corrected chi connectivity index (χ3v) is 1.71. The lowest BCUT2D eigenvalue weighted by atomic mass is 10.4. The van der Waals surface area contributed by atoms with Crippen molar-refractivity contribution in [2.24, 2.45) is 0 Å². The van der Waals surface area contributed by atoms with Gasteiger partial charge in [0, 0.05) is 12.6 Å². The first-order valence-electron chi connectivity index (χ1n) is 5.94. The number of hydrogen-bond donors (Lipinski definition) is 2. The van der Waals surface area contributed by atoms with Crippen LogP contribution in [0.25, 0.3) is 0 Å². The van der Waals surface area contributed by atoms with Gasteiger partial charge in [-0.15, -0.1) is 0 Å². The van der Waals surface area contributed by atoms with Crippen molar-refractivity contribution in [1.82, 2.24) is 15.0 Å². The summed E-state index contributed by atoms with van der Waals surface area (Å²) in [6, 6.07) is 0.605. The summed E-state index contributed by atoms with van der Waals surface area (Å²) in [5.41, 5.74) is 0. The second kappa shape index (κ2) is 6.22. The number of rotatable bonds is 6. The topological polar surface area (TPSA) is 72.0 Å². The van der Waals surface area contributed by atoms with Crippen LogP contribution in [0.2, 0.25) is 0 Å². The van der Waals surface area contributed by atoms with E-state index >= 15 is 0 Å². The molecular formula is C11H21N5O. The summed E-state index contributed by atoms with van der Waals surface area (Å²) in [4.78, 5) is 12.6. The molecule has 6 heteroatoms. The third-order valence-electron chi connectivity index (χ3n) is 1.71. The average molecular weight is 239 g/mol. The van der Waals surface area contributed by atoms with Crippen LogP contribution in [0, 0.1) is 0 Å².